The molecule has 0 radical (unpaired) electrons. The van der Waals surface area contributed by atoms with Gasteiger partial charge in [0.15, 0.2) is 5.96 Å². The Morgan fingerprint density at radius 1 is 0.957 bits per heavy atom. The van der Waals surface area contributed by atoms with Crippen LogP contribution >= 0.6 is 0 Å². The van der Waals surface area contributed by atoms with Crippen LogP contribution in [-0.4, -0.2) is 62.1 Å². The normalized spacial score (nSPS) is 16.1. The van der Waals surface area contributed by atoms with Gasteiger partial charge in [-0.1, -0.05) is 24.3 Å². The summed E-state index contributed by atoms with van der Waals surface area (Å²) in [5.74, 6) is 0.886. The molecule has 0 aliphatic carbocycles. The van der Waals surface area contributed by atoms with Gasteiger partial charge in [0.25, 0.3) is 0 Å². The van der Waals surface area contributed by atoms with Crippen LogP contribution in [0.5, 0.6) is 0 Å². The Balaban J connectivity index is 1.85. The highest BCUT2D eigenvalue weighted by atomic mass is 15.2. The average molecular weight is 317 g/mol. The number of rotatable bonds is 6. The first-order valence-electron chi connectivity index (χ1n) is 8.72. The number of aliphatic imine (C=N–C) groups is 1. The van der Waals surface area contributed by atoms with Crippen molar-refractivity contribution >= 4 is 5.96 Å². The molecule has 1 aromatic rings. The lowest BCUT2D eigenvalue weighted by Gasteiger charge is -2.32. The molecule has 128 valence electrons. The number of nitrogens with one attached hydrogen (secondary N) is 2. The predicted octanol–water partition coefficient (Wildman–Crippen LogP) is 1.51. The van der Waals surface area contributed by atoms with Crippen molar-refractivity contribution in [2.75, 3.05) is 46.3 Å². The van der Waals surface area contributed by atoms with E-state index >= 15 is 0 Å². The van der Waals surface area contributed by atoms with Crippen LogP contribution in [0.15, 0.2) is 29.3 Å². The molecule has 0 aromatic heterocycles. The third-order valence-corrected chi connectivity index (χ3v) is 4.13. The molecular formula is C18H31N5. The van der Waals surface area contributed by atoms with E-state index in [1.165, 1.54) is 24.2 Å². The summed E-state index contributed by atoms with van der Waals surface area (Å²) >= 11 is 0. The SMILES string of the molecule is CCNC(=NCc1ccc(CN2CCN(C)CC2)cc1)NCC. The molecule has 0 saturated carbocycles. The van der Waals surface area contributed by atoms with Crippen LogP contribution in [-0.2, 0) is 13.1 Å². The lowest BCUT2D eigenvalue weighted by Crippen LogP contribution is -2.43. The summed E-state index contributed by atoms with van der Waals surface area (Å²) < 4.78 is 0. The number of guanidine groups is 1. The standard InChI is InChI=1S/C18H31N5/c1-4-19-18(20-5-2)21-14-16-6-8-17(9-7-16)15-23-12-10-22(3)11-13-23/h6-9H,4-5,10-15H2,1-3H3,(H2,19,20,21). The molecule has 2 rings (SSSR count). The van der Waals surface area contributed by atoms with Gasteiger partial charge in [-0.25, -0.2) is 4.99 Å². The first-order valence-corrected chi connectivity index (χ1v) is 8.72. The zero-order valence-electron chi connectivity index (χ0n) is 14.8. The number of piperazine rings is 1. The second-order valence-corrected chi connectivity index (χ2v) is 6.12. The minimum Gasteiger partial charge on any atom is -0.357 e. The van der Waals surface area contributed by atoms with Gasteiger partial charge in [0, 0.05) is 45.8 Å². The maximum atomic E-state index is 4.61. The molecule has 5 nitrogen and oxygen atoms in total. The molecule has 23 heavy (non-hydrogen) atoms. The van der Waals surface area contributed by atoms with Crippen LogP contribution in [0, 0.1) is 0 Å². The van der Waals surface area contributed by atoms with Crippen LogP contribution in [0.2, 0.25) is 0 Å². The van der Waals surface area contributed by atoms with Gasteiger partial charge in [-0.3, -0.25) is 4.90 Å². The van der Waals surface area contributed by atoms with E-state index in [-0.39, 0.29) is 0 Å². The van der Waals surface area contributed by atoms with Crippen molar-refractivity contribution in [1.29, 1.82) is 0 Å². The van der Waals surface area contributed by atoms with Gasteiger partial charge < -0.3 is 15.5 Å². The van der Waals surface area contributed by atoms with E-state index in [2.05, 4.69) is 70.6 Å². The Bertz CT molecular complexity index is 467. The van der Waals surface area contributed by atoms with Crippen molar-refractivity contribution in [2.45, 2.75) is 26.9 Å². The molecule has 0 unspecified atom stereocenters. The molecule has 1 heterocycles. The quantitative estimate of drug-likeness (QED) is 0.616. The second-order valence-electron chi connectivity index (χ2n) is 6.12. The largest absolute Gasteiger partial charge is 0.357 e. The Kier molecular flexibility index (Phi) is 7.36. The molecule has 1 aliphatic rings. The molecule has 1 saturated heterocycles. The topological polar surface area (TPSA) is 42.9 Å². The van der Waals surface area contributed by atoms with Gasteiger partial charge in [-0.15, -0.1) is 0 Å². The Labute approximate surface area is 140 Å². The number of hydrogen-bond acceptors (Lipinski definition) is 3. The summed E-state index contributed by atoms with van der Waals surface area (Å²) in [6, 6.07) is 8.88. The zero-order chi connectivity index (χ0) is 16.5. The molecule has 2 N–H and O–H groups in total. The molecule has 0 spiro atoms. The van der Waals surface area contributed by atoms with E-state index in [9.17, 15) is 0 Å². The summed E-state index contributed by atoms with van der Waals surface area (Å²) in [6.07, 6.45) is 0. The second kappa shape index (κ2) is 9.53. The molecule has 1 fully saturated rings. The Morgan fingerprint density at radius 3 is 2.09 bits per heavy atom. The smallest absolute Gasteiger partial charge is 0.191 e. The van der Waals surface area contributed by atoms with Crippen LogP contribution in [0.25, 0.3) is 0 Å². The van der Waals surface area contributed by atoms with Gasteiger partial charge in [-0.05, 0) is 32.0 Å². The fraction of sp³-hybridized carbons (Fsp3) is 0.611. The summed E-state index contributed by atoms with van der Waals surface area (Å²) in [6.45, 7) is 12.4. The summed E-state index contributed by atoms with van der Waals surface area (Å²) in [7, 11) is 2.20. The zero-order valence-corrected chi connectivity index (χ0v) is 14.8. The molecule has 1 aliphatic heterocycles. The highest BCUT2D eigenvalue weighted by Gasteiger charge is 2.13. The first-order chi connectivity index (χ1) is 11.2. The Morgan fingerprint density at radius 2 is 1.52 bits per heavy atom. The van der Waals surface area contributed by atoms with E-state index in [1.807, 2.05) is 0 Å². The van der Waals surface area contributed by atoms with Crippen LogP contribution in [0.4, 0.5) is 0 Å². The predicted molar refractivity (Wildman–Crippen MR) is 97.7 cm³/mol. The number of likely N-dealkylation sites (N-methyl/N-ethyl adjacent to an activating group) is 1. The monoisotopic (exact) mass is 317 g/mol. The van der Waals surface area contributed by atoms with Crippen molar-refractivity contribution in [3.63, 3.8) is 0 Å². The van der Waals surface area contributed by atoms with E-state index in [1.54, 1.807) is 0 Å². The highest BCUT2D eigenvalue weighted by molar-refractivity contribution is 5.79. The molecule has 1 aromatic carbocycles. The van der Waals surface area contributed by atoms with Gasteiger partial charge in [-0.2, -0.15) is 0 Å². The summed E-state index contributed by atoms with van der Waals surface area (Å²) in [5, 5.41) is 6.50. The van der Waals surface area contributed by atoms with Crippen molar-refractivity contribution in [2.24, 2.45) is 4.99 Å². The van der Waals surface area contributed by atoms with Crippen LogP contribution in [0.3, 0.4) is 0 Å². The van der Waals surface area contributed by atoms with E-state index < -0.39 is 0 Å². The molecule has 0 atom stereocenters. The minimum absolute atomic E-state index is 0.712. The van der Waals surface area contributed by atoms with Gasteiger partial charge in [0.1, 0.15) is 0 Å². The molecule has 5 heteroatoms. The summed E-state index contributed by atoms with van der Waals surface area (Å²) in [5.41, 5.74) is 2.64. The van der Waals surface area contributed by atoms with Crippen LogP contribution in [0.1, 0.15) is 25.0 Å². The fourth-order valence-corrected chi connectivity index (χ4v) is 2.69. The highest BCUT2D eigenvalue weighted by Crippen LogP contribution is 2.10. The summed E-state index contributed by atoms with van der Waals surface area (Å²) in [4.78, 5) is 9.53. The van der Waals surface area contributed by atoms with E-state index in [0.29, 0.717) is 6.54 Å². The number of nitrogens with zero attached hydrogens (tertiary/aromatic N) is 3. The van der Waals surface area contributed by atoms with Crippen molar-refractivity contribution < 1.29 is 0 Å². The fourth-order valence-electron chi connectivity index (χ4n) is 2.69. The molecule has 0 bridgehead atoms. The van der Waals surface area contributed by atoms with Crippen molar-refractivity contribution in [3.8, 4) is 0 Å². The number of benzene rings is 1. The third-order valence-electron chi connectivity index (χ3n) is 4.13. The van der Waals surface area contributed by atoms with Gasteiger partial charge in [0.2, 0.25) is 0 Å². The van der Waals surface area contributed by atoms with E-state index in [0.717, 1.165) is 38.7 Å². The Hall–Kier alpha value is -1.59. The maximum Gasteiger partial charge on any atom is 0.191 e. The average Bonchev–Trinajstić information content (AvgIpc) is 2.56. The maximum absolute atomic E-state index is 4.61. The lowest BCUT2D eigenvalue weighted by molar-refractivity contribution is 0.148. The molecular weight excluding hydrogens is 286 g/mol. The van der Waals surface area contributed by atoms with Crippen LogP contribution < -0.4 is 10.6 Å². The van der Waals surface area contributed by atoms with Crippen molar-refractivity contribution in [1.82, 2.24) is 20.4 Å². The number of hydrogen-bond donors (Lipinski definition) is 2. The molecule has 0 amide bonds. The first kappa shape index (κ1) is 17.8. The third kappa shape index (κ3) is 6.20. The van der Waals surface area contributed by atoms with Gasteiger partial charge in [0.05, 0.1) is 6.54 Å². The van der Waals surface area contributed by atoms with Gasteiger partial charge >= 0.3 is 0 Å². The minimum atomic E-state index is 0.712. The van der Waals surface area contributed by atoms with E-state index in [4.69, 9.17) is 0 Å². The lowest BCUT2D eigenvalue weighted by atomic mass is 10.1. The van der Waals surface area contributed by atoms with Crippen molar-refractivity contribution in [3.05, 3.63) is 35.4 Å².